The van der Waals surface area contributed by atoms with E-state index in [-0.39, 0.29) is 12.5 Å². The maximum Gasteiger partial charge on any atom is 0.334 e. The molecule has 18 heavy (non-hydrogen) atoms. The average Bonchev–Trinajstić information content (AvgIpc) is 2.79. The average molecular weight is 269 g/mol. The Morgan fingerprint density at radius 2 is 2.11 bits per heavy atom. The number of thiophene rings is 1. The first-order valence-electron chi connectivity index (χ1n) is 5.88. The van der Waals surface area contributed by atoms with Crippen LogP contribution in [0.3, 0.4) is 0 Å². The summed E-state index contributed by atoms with van der Waals surface area (Å²) in [6.07, 6.45) is 2.62. The summed E-state index contributed by atoms with van der Waals surface area (Å²) in [4.78, 5) is 23.6. The number of rotatable bonds is 4. The van der Waals surface area contributed by atoms with Crippen LogP contribution < -0.4 is 5.32 Å². The van der Waals surface area contributed by atoms with Gasteiger partial charge in [0.2, 0.25) is 0 Å². The number of aliphatic hydroxyl groups excluding tert-OH is 1. The molecule has 0 bridgehead atoms. The van der Waals surface area contributed by atoms with Crippen LogP contribution in [0.2, 0.25) is 0 Å². The monoisotopic (exact) mass is 269 g/mol. The molecule has 0 fully saturated rings. The molecule has 1 heterocycles. The lowest BCUT2D eigenvalue weighted by atomic mass is 9.95. The predicted molar refractivity (Wildman–Crippen MR) is 66.9 cm³/mol. The molecule has 0 spiro atoms. The van der Waals surface area contributed by atoms with Crippen molar-refractivity contribution in [1.82, 2.24) is 5.32 Å². The summed E-state index contributed by atoms with van der Waals surface area (Å²) in [5.74, 6) is -1.63. The minimum absolute atomic E-state index is 0.265. The fraction of sp³-hybridized carbons (Fsp3) is 0.500. The zero-order valence-corrected chi connectivity index (χ0v) is 10.6. The van der Waals surface area contributed by atoms with Gasteiger partial charge in [0.1, 0.15) is 0 Å². The molecule has 2 rings (SSSR count). The van der Waals surface area contributed by atoms with Gasteiger partial charge in [0.15, 0.2) is 6.10 Å². The van der Waals surface area contributed by atoms with Gasteiger partial charge in [-0.3, -0.25) is 4.79 Å². The number of carbonyl (C=O) groups is 2. The first-order valence-corrected chi connectivity index (χ1v) is 6.76. The van der Waals surface area contributed by atoms with E-state index in [1.807, 2.05) is 5.38 Å². The molecule has 0 radical (unpaired) electrons. The Hall–Kier alpha value is -1.40. The first kappa shape index (κ1) is 13.0. The molecular weight excluding hydrogens is 254 g/mol. The van der Waals surface area contributed by atoms with Gasteiger partial charge in [-0.15, -0.1) is 11.3 Å². The summed E-state index contributed by atoms with van der Waals surface area (Å²) in [6.45, 7) is -0.265. The summed E-state index contributed by atoms with van der Waals surface area (Å²) in [5, 5.41) is 21.9. The number of hydrogen-bond donors (Lipinski definition) is 3. The van der Waals surface area contributed by atoms with E-state index in [1.54, 1.807) is 11.3 Å². The van der Waals surface area contributed by atoms with E-state index in [0.717, 1.165) is 31.2 Å². The molecule has 5 nitrogen and oxygen atoms in total. The number of carbonyl (C=O) groups excluding carboxylic acids is 1. The lowest BCUT2D eigenvalue weighted by Crippen LogP contribution is -2.36. The van der Waals surface area contributed by atoms with Gasteiger partial charge in [-0.2, -0.15) is 0 Å². The third kappa shape index (κ3) is 2.70. The van der Waals surface area contributed by atoms with Crippen molar-refractivity contribution < 1.29 is 19.8 Å². The highest BCUT2D eigenvalue weighted by Crippen LogP contribution is 2.29. The van der Waals surface area contributed by atoms with E-state index >= 15 is 0 Å². The maximum absolute atomic E-state index is 11.9. The minimum atomic E-state index is -1.55. The Morgan fingerprint density at radius 3 is 2.83 bits per heavy atom. The molecule has 0 saturated heterocycles. The Balaban J connectivity index is 2.01. The van der Waals surface area contributed by atoms with Crippen LogP contribution in [0, 0.1) is 0 Å². The maximum atomic E-state index is 11.9. The number of aliphatic hydroxyl groups is 1. The Labute approximate surface area is 108 Å². The van der Waals surface area contributed by atoms with Gasteiger partial charge in [0.25, 0.3) is 5.91 Å². The summed E-state index contributed by atoms with van der Waals surface area (Å²) in [6, 6.07) is 0. The molecule has 1 aromatic heterocycles. The zero-order valence-electron chi connectivity index (χ0n) is 9.81. The van der Waals surface area contributed by atoms with Crippen LogP contribution in [-0.2, 0) is 17.6 Å². The van der Waals surface area contributed by atoms with Crippen molar-refractivity contribution >= 4 is 23.2 Å². The van der Waals surface area contributed by atoms with E-state index in [0.29, 0.717) is 5.56 Å². The molecule has 0 aliphatic heterocycles. The van der Waals surface area contributed by atoms with E-state index in [9.17, 15) is 9.59 Å². The zero-order chi connectivity index (χ0) is 13.1. The van der Waals surface area contributed by atoms with Crippen LogP contribution >= 0.6 is 11.3 Å². The van der Waals surface area contributed by atoms with Gasteiger partial charge in [-0.25, -0.2) is 4.79 Å². The second kappa shape index (κ2) is 5.49. The highest BCUT2D eigenvalue weighted by atomic mass is 32.1. The topological polar surface area (TPSA) is 86.6 Å². The summed E-state index contributed by atoms with van der Waals surface area (Å²) < 4.78 is 0. The number of carboxylic acid groups (broad SMARTS) is 1. The molecule has 1 aliphatic carbocycles. The van der Waals surface area contributed by atoms with Crippen molar-refractivity contribution in [2.24, 2.45) is 0 Å². The van der Waals surface area contributed by atoms with Crippen LogP contribution in [0.15, 0.2) is 5.38 Å². The second-order valence-electron chi connectivity index (χ2n) is 4.32. The van der Waals surface area contributed by atoms with Gasteiger partial charge in [-0.1, -0.05) is 0 Å². The third-order valence-corrected chi connectivity index (χ3v) is 4.14. The van der Waals surface area contributed by atoms with E-state index in [4.69, 9.17) is 10.2 Å². The summed E-state index contributed by atoms with van der Waals surface area (Å²) in [7, 11) is 0. The number of fused-ring (bicyclic) bond motifs is 1. The van der Waals surface area contributed by atoms with Gasteiger partial charge in [-0.05, 0) is 31.2 Å². The van der Waals surface area contributed by atoms with Crippen molar-refractivity contribution in [3.05, 3.63) is 21.4 Å². The SMILES string of the molecule is O=C(NCC(O)C(=O)O)c1csc2c1CCCC2. The first-order chi connectivity index (χ1) is 8.59. The Morgan fingerprint density at radius 1 is 1.39 bits per heavy atom. The minimum Gasteiger partial charge on any atom is -0.479 e. The van der Waals surface area contributed by atoms with Gasteiger partial charge < -0.3 is 15.5 Å². The van der Waals surface area contributed by atoms with Crippen LogP contribution in [-0.4, -0.2) is 34.7 Å². The fourth-order valence-corrected chi connectivity index (χ4v) is 3.18. The predicted octanol–water partition coefficient (Wildman–Crippen LogP) is 0.802. The van der Waals surface area contributed by atoms with Crippen LogP contribution in [0.1, 0.15) is 33.6 Å². The van der Waals surface area contributed by atoms with Crippen molar-refractivity contribution in [2.75, 3.05) is 6.54 Å². The van der Waals surface area contributed by atoms with Gasteiger partial charge >= 0.3 is 5.97 Å². The molecular formula is C12H15NO4S. The van der Waals surface area contributed by atoms with Gasteiger partial charge in [0.05, 0.1) is 12.1 Å². The van der Waals surface area contributed by atoms with Crippen molar-refractivity contribution in [3.63, 3.8) is 0 Å². The Kier molecular flexibility index (Phi) is 3.98. The third-order valence-electron chi connectivity index (χ3n) is 3.05. The highest BCUT2D eigenvalue weighted by Gasteiger charge is 2.21. The molecule has 1 aliphatic rings. The number of hydrogen-bond acceptors (Lipinski definition) is 4. The fourth-order valence-electron chi connectivity index (χ4n) is 2.06. The quantitative estimate of drug-likeness (QED) is 0.754. The van der Waals surface area contributed by atoms with E-state index < -0.39 is 12.1 Å². The van der Waals surface area contributed by atoms with Crippen molar-refractivity contribution in [2.45, 2.75) is 31.8 Å². The molecule has 1 atom stereocenters. The lowest BCUT2D eigenvalue weighted by Gasteiger charge is -2.13. The second-order valence-corrected chi connectivity index (χ2v) is 5.29. The van der Waals surface area contributed by atoms with Crippen LogP contribution in [0.5, 0.6) is 0 Å². The molecule has 98 valence electrons. The largest absolute Gasteiger partial charge is 0.479 e. The van der Waals surface area contributed by atoms with Gasteiger partial charge in [0, 0.05) is 10.3 Å². The highest BCUT2D eigenvalue weighted by molar-refractivity contribution is 7.10. The molecule has 1 unspecified atom stereocenters. The van der Waals surface area contributed by atoms with Crippen LogP contribution in [0.25, 0.3) is 0 Å². The lowest BCUT2D eigenvalue weighted by molar-refractivity contribution is -0.146. The molecule has 3 N–H and O–H groups in total. The van der Waals surface area contributed by atoms with E-state index in [1.165, 1.54) is 4.88 Å². The number of aryl methyl sites for hydroxylation is 1. The molecule has 1 amide bonds. The van der Waals surface area contributed by atoms with Crippen molar-refractivity contribution in [1.29, 1.82) is 0 Å². The molecule has 0 aromatic carbocycles. The summed E-state index contributed by atoms with van der Waals surface area (Å²) >= 11 is 1.58. The number of carboxylic acids is 1. The molecule has 1 aromatic rings. The normalized spacial score (nSPS) is 15.8. The van der Waals surface area contributed by atoms with Crippen molar-refractivity contribution in [3.8, 4) is 0 Å². The number of aliphatic carboxylic acids is 1. The standard InChI is InChI=1S/C12H15NO4S/c14-9(12(16)17)5-13-11(15)8-6-18-10-4-2-1-3-7(8)10/h6,9,14H,1-5H2,(H,13,15)(H,16,17). The summed E-state index contributed by atoms with van der Waals surface area (Å²) in [5.41, 5.74) is 1.72. The van der Waals surface area contributed by atoms with E-state index in [2.05, 4.69) is 5.32 Å². The Bertz CT molecular complexity index is 469. The number of nitrogens with one attached hydrogen (secondary N) is 1. The van der Waals surface area contributed by atoms with Crippen LogP contribution in [0.4, 0.5) is 0 Å². The number of amides is 1. The molecule has 0 saturated carbocycles. The smallest absolute Gasteiger partial charge is 0.334 e. The molecule has 6 heteroatoms.